The molecule has 0 atom stereocenters. The highest BCUT2D eigenvalue weighted by atomic mass is 16.3. The average molecular weight is 489 g/mol. The van der Waals surface area contributed by atoms with Crippen LogP contribution in [0.25, 0.3) is 5.57 Å². The van der Waals surface area contributed by atoms with Crippen LogP contribution < -0.4 is 16.0 Å². The fourth-order valence-electron chi connectivity index (χ4n) is 3.86. The predicted octanol–water partition coefficient (Wildman–Crippen LogP) is 5.14. The summed E-state index contributed by atoms with van der Waals surface area (Å²) in [7, 11) is 0. The number of anilines is 4. The van der Waals surface area contributed by atoms with Gasteiger partial charge in [0.2, 0.25) is 5.95 Å². The van der Waals surface area contributed by atoms with Crippen molar-refractivity contribution in [3.8, 4) is 0 Å². The number of H-pyrrole nitrogens is 1. The van der Waals surface area contributed by atoms with Gasteiger partial charge in [-0.3, -0.25) is 5.10 Å². The molecule has 1 saturated carbocycles. The van der Waals surface area contributed by atoms with Gasteiger partial charge in [0.15, 0.2) is 5.82 Å². The molecule has 9 heteroatoms. The predicted molar refractivity (Wildman–Crippen MR) is 147 cm³/mol. The Morgan fingerprint density at radius 3 is 2.56 bits per heavy atom. The highest BCUT2D eigenvalue weighted by Gasteiger charge is 2.25. The lowest BCUT2D eigenvalue weighted by molar-refractivity contribution is 0.316. The molecule has 0 radical (unpaired) electrons. The maximum atomic E-state index is 10.5. The minimum absolute atomic E-state index is 0.142. The Bertz CT molecular complexity index is 1170. The SMILES string of the molecule is C=C(/C=C(\O)CNc1nc(NCCN(CC)CC)cc(Nc2cc(C3CC3)[nH]n2)n1)c1ccccc1. The molecule has 2 heterocycles. The summed E-state index contributed by atoms with van der Waals surface area (Å²) in [5.41, 5.74) is 2.84. The van der Waals surface area contributed by atoms with Crippen LogP contribution in [0.1, 0.15) is 43.9 Å². The Balaban J connectivity index is 1.44. The van der Waals surface area contributed by atoms with Gasteiger partial charge in [-0.05, 0) is 43.1 Å². The lowest BCUT2D eigenvalue weighted by Crippen LogP contribution is -2.28. The van der Waals surface area contributed by atoms with E-state index < -0.39 is 0 Å². The van der Waals surface area contributed by atoms with Crippen LogP contribution in [0.4, 0.5) is 23.4 Å². The first-order valence-corrected chi connectivity index (χ1v) is 12.6. The van der Waals surface area contributed by atoms with E-state index >= 15 is 0 Å². The number of likely N-dealkylation sites (N-methyl/N-ethyl adjacent to an activating group) is 1. The van der Waals surface area contributed by atoms with E-state index in [2.05, 4.69) is 61.4 Å². The highest BCUT2D eigenvalue weighted by molar-refractivity contribution is 5.72. The fraction of sp³-hybridized carbons (Fsp3) is 0.370. The molecule has 1 fully saturated rings. The number of aliphatic hydroxyl groups is 1. The van der Waals surface area contributed by atoms with E-state index in [1.54, 1.807) is 6.08 Å². The molecule has 2 aromatic heterocycles. The Morgan fingerprint density at radius 1 is 1.08 bits per heavy atom. The van der Waals surface area contributed by atoms with Crippen molar-refractivity contribution in [2.45, 2.75) is 32.6 Å². The van der Waals surface area contributed by atoms with Gasteiger partial charge in [-0.1, -0.05) is 50.8 Å². The molecule has 1 aliphatic rings. The van der Waals surface area contributed by atoms with E-state index in [9.17, 15) is 5.11 Å². The summed E-state index contributed by atoms with van der Waals surface area (Å²) in [6.07, 6.45) is 4.06. The van der Waals surface area contributed by atoms with Crippen LogP contribution in [0.15, 0.2) is 60.9 Å². The highest BCUT2D eigenvalue weighted by Crippen LogP contribution is 2.39. The van der Waals surface area contributed by atoms with Crippen molar-refractivity contribution < 1.29 is 5.11 Å². The number of aromatic amines is 1. The van der Waals surface area contributed by atoms with E-state index in [0.29, 0.717) is 23.5 Å². The van der Waals surface area contributed by atoms with Gasteiger partial charge in [0.25, 0.3) is 0 Å². The Hall–Kier alpha value is -3.85. The van der Waals surface area contributed by atoms with Crippen LogP contribution in [0, 0.1) is 0 Å². The standard InChI is InChI=1S/C27H36N8O/c1-4-35(5-2)14-13-28-24-17-25(30-26-16-23(33-34-26)21-11-12-21)32-27(31-24)29-18-22(36)15-19(3)20-9-7-6-8-10-20/h6-10,15-17,21,36H,3-5,11-14,18H2,1-2H3,(H4,28,29,30,31,32,33,34)/b22-15-. The largest absolute Gasteiger partial charge is 0.510 e. The molecule has 0 bridgehead atoms. The number of nitrogens with one attached hydrogen (secondary N) is 4. The van der Waals surface area contributed by atoms with Crippen molar-refractivity contribution >= 4 is 29.0 Å². The number of hydrogen-bond donors (Lipinski definition) is 5. The first-order chi connectivity index (χ1) is 17.5. The molecule has 4 rings (SSSR count). The molecular weight excluding hydrogens is 452 g/mol. The number of rotatable bonds is 14. The fourth-order valence-corrected chi connectivity index (χ4v) is 3.86. The van der Waals surface area contributed by atoms with E-state index in [-0.39, 0.29) is 12.3 Å². The topological polar surface area (TPSA) is 114 Å². The van der Waals surface area contributed by atoms with Crippen LogP contribution in [-0.2, 0) is 0 Å². The van der Waals surface area contributed by atoms with Gasteiger partial charge < -0.3 is 26.0 Å². The number of aliphatic hydroxyl groups excluding tert-OH is 1. The van der Waals surface area contributed by atoms with Crippen molar-refractivity contribution in [3.05, 3.63) is 72.1 Å². The number of nitrogens with zero attached hydrogens (tertiary/aromatic N) is 4. The third-order valence-electron chi connectivity index (χ3n) is 6.14. The van der Waals surface area contributed by atoms with E-state index in [4.69, 9.17) is 0 Å². The maximum absolute atomic E-state index is 10.5. The summed E-state index contributed by atoms with van der Waals surface area (Å²) >= 11 is 0. The number of hydrogen-bond acceptors (Lipinski definition) is 8. The third-order valence-corrected chi connectivity index (χ3v) is 6.14. The van der Waals surface area contributed by atoms with Gasteiger partial charge in [-0.25, -0.2) is 0 Å². The summed E-state index contributed by atoms with van der Waals surface area (Å²) in [6.45, 7) is 12.2. The Kier molecular flexibility index (Phi) is 8.57. The smallest absolute Gasteiger partial charge is 0.227 e. The third kappa shape index (κ3) is 7.32. The van der Waals surface area contributed by atoms with Crippen LogP contribution >= 0.6 is 0 Å². The molecule has 1 aromatic carbocycles. The van der Waals surface area contributed by atoms with E-state index in [1.165, 1.54) is 12.8 Å². The monoisotopic (exact) mass is 488 g/mol. The number of allylic oxidation sites excluding steroid dienone is 2. The zero-order valence-corrected chi connectivity index (χ0v) is 21.1. The molecule has 1 aliphatic carbocycles. The van der Waals surface area contributed by atoms with Crippen molar-refractivity contribution in [1.82, 2.24) is 25.1 Å². The van der Waals surface area contributed by atoms with Crippen LogP contribution in [-0.4, -0.2) is 62.9 Å². The average Bonchev–Trinajstić information content (AvgIpc) is 3.64. The van der Waals surface area contributed by atoms with Crippen LogP contribution in [0.5, 0.6) is 0 Å². The van der Waals surface area contributed by atoms with Crippen molar-refractivity contribution in [1.29, 1.82) is 0 Å². The Labute approximate surface area is 212 Å². The summed E-state index contributed by atoms with van der Waals surface area (Å²) in [5.74, 6) is 3.16. The van der Waals surface area contributed by atoms with Gasteiger partial charge in [0, 0.05) is 36.8 Å². The quantitative estimate of drug-likeness (QED) is 0.157. The second kappa shape index (κ2) is 12.2. The lowest BCUT2D eigenvalue weighted by atomic mass is 10.1. The number of aromatic nitrogens is 4. The van der Waals surface area contributed by atoms with Crippen LogP contribution in [0.2, 0.25) is 0 Å². The van der Waals surface area contributed by atoms with Crippen molar-refractivity contribution in [3.63, 3.8) is 0 Å². The molecule has 190 valence electrons. The van der Waals surface area contributed by atoms with Crippen molar-refractivity contribution in [2.75, 3.05) is 48.7 Å². The molecule has 0 amide bonds. The van der Waals surface area contributed by atoms with Gasteiger partial charge >= 0.3 is 0 Å². The van der Waals surface area contributed by atoms with Gasteiger partial charge in [0.05, 0.1) is 6.54 Å². The minimum atomic E-state index is 0.142. The molecule has 0 saturated heterocycles. The second-order valence-corrected chi connectivity index (χ2v) is 8.90. The number of benzene rings is 1. The van der Waals surface area contributed by atoms with Gasteiger partial charge in [0.1, 0.15) is 17.4 Å². The zero-order valence-electron chi connectivity index (χ0n) is 21.1. The first-order valence-electron chi connectivity index (χ1n) is 12.6. The molecule has 36 heavy (non-hydrogen) atoms. The molecule has 9 nitrogen and oxygen atoms in total. The summed E-state index contributed by atoms with van der Waals surface area (Å²) in [4.78, 5) is 11.5. The molecule has 0 unspecified atom stereocenters. The zero-order chi connectivity index (χ0) is 25.3. The second-order valence-electron chi connectivity index (χ2n) is 8.90. The summed E-state index contributed by atoms with van der Waals surface area (Å²) in [5, 5.41) is 27.7. The summed E-state index contributed by atoms with van der Waals surface area (Å²) in [6, 6.07) is 13.6. The van der Waals surface area contributed by atoms with Crippen molar-refractivity contribution in [2.24, 2.45) is 0 Å². The molecule has 3 aromatic rings. The normalized spacial score (nSPS) is 13.6. The van der Waals surface area contributed by atoms with Gasteiger partial charge in [-0.2, -0.15) is 15.1 Å². The molecule has 0 spiro atoms. The molecule has 0 aliphatic heterocycles. The van der Waals surface area contributed by atoms with Crippen LogP contribution in [0.3, 0.4) is 0 Å². The maximum Gasteiger partial charge on any atom is 0.227 e. The summed E-state index contributed by atoms with van der Waals surface area (Å²) < 4.78 is 0. The lowest BCUT2D eigenvalue weighted by Gasteiger charge is -2.18. The molecular formula is C27H36N8O. The van der Waals surface area contributed by atoms with E-state index in [1.807, 2.05) is 42.5 Å². The van der Waals surface area contributed by atoms with E-state index in [0.717, 1.165) is 48.8 Å². The molecule has 5 N–H and O–H groups in total. The minimum Gasteiger partial charge on any atom is -0.510 e. The first kappa shape index (κ1) is 25.2. The Morgan fingerprint density at radius 2 is 1.83 bits per heavy atom. The van der Waals surface area contributed by atoms with Gasteiger partial charge in [-0.15, -0.1) is 0 Å².